The largest absolute Gasteiger partial charge is 0.573 e. The molecule has 0 fully saturated rings. The molecule has 14 heteroatoms. The third-order valence-corrected chi connectivity index (χ3v) is 5.34. The van der Waals surface area contributed by atoms with Crippen LogP contribution >= 0.6 is 0 Å². The first-order valence-corrected chi connectivity index (χ1v) is 11.9. The standard InChI is InChI=1S/C26H25F6N3O5/c1-2-17-14-33-24(34-15-17)35(9-4-10-38-20-6-3-5-18(11-20)12-23(36)37)16-19-7-8-21(39-25(27,28)29)13-22(19)40-26(30,31)32/h3,5-8,11,13-15H,2,4,9-10,12,16H2,1H3,(H,36,37). The molecule has 40 heavy (non-hydrogen) atoms. The second-order valence-electron chi connectivity index (χ2n) is 8.45. The van der Waals surface area contributed by atoms with Crippen LogP contribution in [0.4, 0.5) is 32.3 Å². The van der Waals surface area contributed by atoms with Crippen LogP contribution in [0.25, 0.3) is 0 Å². The van der Waals surface area contributed by atoms with Gasteiger partial charge in [-0.25, -0.2) is 9.97 Å². The molecule has 0 bridgehead atoms. The van der Waals surface area contributed by atoms with Gasteiger partial charge < -0.3 is 24.2 Å². The number of aryl methyl sites for hydroxylation is 1. The summed E-state index contributed by atoms with van der Waals surface area (Å²) >= 11 is 0. The number of rotatable bonds is 13. The maximum Gasteiger partial charge on any atom is 0.573 e. The Hall–Kier alpha value is -4.23. The summed E-state index contributed by atoms with van der Waals surface area (Å²) in [6.45, 7) is 2.00. The normalized spacial score (nSPS) is 11.7. The lowest BCUT2D eigenvalue weighted by molar-refractivity contribution is -0.276. The van der Waals surface area contributed by atoms with E-state index in [1.165, 1.54) is 4.90 Å². The maximum absolute atomic E-state index is 13.1. The van der Waals surface area contributed by atoms with E-state index >= 15 is 0 Å². The number of hydrogen-bond donors (Lipinski definition) is 1. The quantitative estimate of drug-likeness (QED) is 0.198. The zero-order valence-corrected chi connectivity index (χ0v) is 21.1. The summed E-state index contributed by atoms with van der Waals surface area (Å²) in [6, 6.07) is 8.98. The predicted octanol–water partition coefficient (Wildman–Crippen LogP) is 5.94. The highest BCUT2D eigenvalue weighted by Crippen LogP contribution is 2.33. The van der Waals surface area contributed by atoms with E-state index in [4.69, 9.17) is 9.84 Å². The van der Waals surface area contributed by atoms with Crippen molar-refractivity contribution in [1.82, 2.24) is 9.97 Å². The summed E-state index contributed by atoms with van der Waals surface area (Å²) in [5, 5.41) is 8.96. The first kappa shape index (κ1) is 30.3. The highest BCUT2D eigenvalue weighted by atomic mass is 19.4. The van der Waals surface area contributed by atoms with E-state index in [1.807, 2.05) is 6.92 Å². The van der Waals surface area contributed by atoms with Gasteiger partial charge in [-0.05, 0) is 48.2 Å². The molecule has 0 saturated heterocycles. The van der Waals surface area contributed by atoms with E-state index < -0.39 is 30.2 Å². The van der Waals surface area contributed by atoms with Crippen LogP contribution in [-0.4, -0.2) is 46.9 Å². The molecule has 8 nitrogen and oxygen atoms in total. The number of alkyl halides is 6. The Bertz CT molecular complexity index is 1270. The third-order valence-electron chi connectivity index (χ3n) is 5.34. The molecule has 0 aliphatic carbocycles. The average molecular weight is 573 g/mol. The summed E-state index contributed by atoms with van der Waals surface area (Å²) in [4.78, 5) is 21.0. The van der Waals surface area contributed by atoms with E-state index in [-0.39, 0.29) is 37.6 Å². The summed E-state index contributed by atoms with van der Waals surface area (Å²) < 4.78 is 90.5. The fraction of sp³-hybridized carbons (Fsp3) is 0.346. The number of hydrogen-bond acceptors (Lipinski definition) is 7. The lowest BCUT2D eigenvalue weighted by atomic mass is 10.1. The molecule has 0 aliphatic heterocycles. The minimum atomic E-state index is -5.17. The molecule has 216 valence electrons. The van der Waals surface area contributed by atoms with Crippen molar-refractivity contribution in [3.05, 3.63) is 71.5 Å². The van der Waals surface area contributed by atoms with Gasteiger partial charge >= 0.3 is 18.7 Å². The summed E-state index contributed by atoms with van der Waals surface area (Å²) in [5.74, 6) is -2.11. The average Bonchev–Trinajstić information content (AvgIpc) is 2.85. The first-order chi connectivity index (χ1) is 18.8. The second kappa shape index (κ2) is 13.2. The zero-order valence-electron chi connectivity index (χ0n) is 21.1. The number of anilines is 1. The first-order valence-electron chi connectivity index (χ1n) is 11.9. The monoisotopic (exact) mass is 573 g/mol. The maximum atomic E-state index is 13.1. The van der Waals surface area contributed by atoms with E-state index in [0.29, 0.717) is 30.2 Å². The number of benzene rings is 2. The van der Waals surface area contributed by atoms with E-state index in [1.54, 1.807) is 36.7 Å². The van der Waals surface area contributed by atoms with Gasteiger partial charge in [-0.15, -0.1) is 26.3 Å². The second-order valence-corrected chi connectivity index (χ2v) is 8.45. The van der Waals surface area contributed by atoms with Crippen molar-refractivity contribution in [1.29, 1.82) is 0 Å². The van der Waals surface area contributed by atoms with Crippen LogP contribution in [0.1, 0.15) is 30.0 Å². The van der Waals surface area contributed by atoms with Gasteiger partial charge in [0.15, 0.2) is 0 Å². The van der Waals surface area contributed by atoms with Gasteiger partial charge in [-0.2, -0.15) is 0 Å². The SMILES string of the molecule is CCc1cnc(N(CCCOc2cccc(CC(=O)O)c2)Cc2ccc(OC(F)(F)F)cc2OC(F)(F)F)nc1. The van der Waals surface area contributed by atoms with E-state index in [9.17, 15) is 31.1 Å². The van der Waals surface area contributed by atoms with Crippen molar-refractivity contribution in [2.75, 3.05) is 18.1 Å². The van der Waals surface area contributed by atoms with Crippen LogP contribution in [0.2, 0.25) is 0 Å². The van der Waals surface area contributed by atoms with Gasteiger partial charge in [0, 0.05) is 37.1 Å². The Balaban J connectivity index is 1.79. The van der Waals surface area contributed by atoms with Crippen molar-refractivity contribution in [2.45, 2.75) is 45.5 Å². The predicted molar refractivity (Wildman–Crippen MR) is 130 cm³/mol. The van der Waals surface area contributed by atoms with Gasteiger partial charge in [0.25, 0.3) is 0 Å². The van der Waals surface area contributed by atoms with Crippen LogP contribution < -0.4 is 19.1 Å². The van der Waals surface area contributed by atoms with Crippen molar-refractivity contribution in [3.8, 4) is 17.2 Å². The van der Waals surface area contributed by atoms with Gasteiger partial charge in [-0.3, -0.25) is 4.79 Å². The molecule has 2 aromatic carbocycles. The Morgan fingerprint density at radius 3 is 2.25 bits per heavy atom. The summed E-state index contributed by atoms with van der Waals surface area (Å²) in [5.41, 5.74) is 1.28. The van der Waals surface area contributed by atoms with Crippen molar-refractivity contribution in [2.24, 2.45) is 0 Å². The molecule has 3 rings (SSSR count). The van der Waals surface area contributed by atoms with Gasteiger partial charge in [-0.1, -0.05) is 19.1 Å². The minimum Gasteiger partial charge on any atom is -0.494 e. The Morgan fingerprint density at radius 1 is 0.925 bits per heavy atom. The van der Waals surface area contributed by atoms with E-state index in [2.05, 4.69) is 19.4 Å². The van der Waals surface area contributed by atoms with Crippen molar-refractivity contribution in [3.63, 3.8) is 0 Å². The molecule has 1 aromatic heterocycles. The third kappa shape index (κ3) is 10.2. The lowest BCUT2D eigenvalue weighted by Crippen LogP contribution is -2.28. The minimum absolute atomic E-state index is 0.0858. The molecule has 0 amide bonds. The molecule has 1 N–H and O–H groups in total. The molecule has 0 saturated carbocycles. The Morgan fingerprint density at radius 2 is 1.62 bits per heavy atom. The lowest BCUT2D eigenvalue weighted by Gasteiger charge is -2.24. The number of aromatic nitrogens is 2. The van der Waals surface area contributed by atoms with Crippen LogP contribution in [-0.2, 0) is 24.2 Å². The van der Waals surface area contributed by atoms with Crippen LogP contribution in [0, 0.1) is 0 Å². The number of halogens is 6. The van der Waals surface area contributed by atoms with E-state index in [0.717, 1.165) is 17.7 Å². The van der Waals surface area contributed by atoms with Gasteiger partial charge in [0.1, 0.15) is 17.2 Å². The highest BCUT2D eigenvalue weighted by Gasteiger charge is 2.34. The van der Waals surface area contributed by atoms with Crippen LogP contribution in [0.15, 0.2) is 54.9 Å². The number of carboxylic acid groups (broad SMARTS) is 1. The number of carbonyl (C=O) groups is 1. The molecule has 0 atom stereocenters. The Kier molecular flexibility index (Phi) is 10.0. The molecule has 3 aromatic rings. The van der Waals surface area contributed by atoms with Crippen LogP contribution in [0.5, 0.6) is 17.2 Å². The molecule has 1 heterocycles. The molecule has 0 spiro atoms. The zero-order chi connectivity index (χ0) is 29.3. The van der Waals surface area contributed by atoms with Gasteiger partial charge in [0.05, 0.1) is 13.0 Å². The molecule has 0 unspecified atom stereocenters. The number of aliphatic carboxylic acids is 1. The summed E-state index contributed by atoms with van der Waals surface area (Å²) in [7, 11) is 0. The van der Waals surface area contributed by atoms with Gasteiger partial charge in [0.2, 0.25) is 5.95 Å². The summed E-state index contributed by atoms with van der Waals surface area (Å²) in [6.07, 6.45) is -6.33. The topological polar surface area (TPSA) is 94.0 Å². The number of nitrogens with zero attached hydrogens (tertiary/aromatic N) is 3. The van der Waals surface area contributed by atoms with Crippen molar-refractivity contribution >= 4 is 11.9 Å². The molecular weight excluding hydrogens is 548 g/mol. The fourth-order valence-corrected chi connectivity index (χ4v) is 3.60. The Labute approximate surface area is 225 Å². The van der Waals surface area contributed by atoms with Crippen molar-refractivity contribution < 1.29 is 50.5 Å². The molecule has 0 aliphatic rings. The fourth-order valence-electron chi connectivity index (χ4n) is 3.60. The number of carboxylic acids is 1. The number of ether oxygens (including phenoxy) is 3. The smallest absolute Gasteiger partial charge is 0.494 e. The highest BCUT2D eigenvalue weighted by molar-refractivity contribution is 5.70. The molecular formula is C26H25F6N3O5. The van der Waals surface area contributed by atoms with Crippen LogP contribution in [0.3, 0.4) is 0 Å². The molecule has 0 radical (unpaired) electrons.